The lowest BCUT2D eigenvalue weighted by Crippen LogP contribution is -2.43. The van der Waals surface area contributed by atoms with Gasteiger partial charge in [-0.1, -0.05) is 74.5 Å². The number of esters is 1. The van der Waals surface area contributed by atoms with Crippen LogP contribution in [0.2, 0.25) is 0 Å². The van der Waals surface area contributed by atoms with Gasteiger partial charge in [0.05, 0.1) is 3.95 Å². The van der Waals surface area contributed by atoms with E-state index in [4.69, 9.17) is 4.74 Å². The van der Waals surface area contributed by atoms with Crippen LogP contribution in [0.5, 0.6) is 0 Å². The van der Waals surface area contributed by atoms with Gasteiger partial charge < -0.3 is 4.74 Å². The Hall–Kier alpha value is 2.05. The lowest BCUT2D eigenvalue weighted by molar-refractivity contribution is -0.141. The molecule has 0 bridgehead atoms. The van der Waals surface area contributed by atoms with Crippen molar-refractivity contribution in [1.82, 2.24) is 0 Å². The Morgan fingerprint density at radius 3 is 2.06 bits per heavy atom. The summed E-state index contributed by atoms with van der Waals surface area (Å²) in [5.74, 6) is -0.478. The van der Waals surface area contributed by atoms with Gasteiger partial charge in [-0.25, -0.2) is 4.79 Å². The Morgan fingerprint density at radius 2 is 1.78 bits per heavy atom. The first-order valence-corrected chi connectivity index (χ1v) is 15.7. The Morgan fingerprint density at radius 1 is 1.33 bits per heavy atom. The Balaban J connectivity index is 5.00. The van der Waals surface area contributed by atoms with Crippen LogP contribution in [0, 0.1) is 0 Å². The van der Waals surface area contributed by atoms with Gasteiger partial charge in [0.25, 0.3) is 3.93 Å². The summed E-state index contributed by atoms with van der Waals surface area (Å²) in [6.45, 7) is 8.92. The van der Waals surface area contributed by atoms with Crippen LogP contribution in [0.3, 0.4) is 0 Å². The third kappa shape index (κ3) is 6.22. The van der Waals surface area contributed by atoms with Crippen molar-refractivity contribution in [3.63, 3.8) is 0 Å². The molecule has 1 atom stereocenters. The van der Waals surface area contributed by atoms with Gasteiger partial charge in [-0.05, 0) is 38.8 Å². The zero-order valence-corrected chi connectivity index (χ0v) is 19.8. The molecule has 0 rings (SSSR count). The molecule has 0 amide bonds. The molecule has 0 aromatic carbocycles. The van der Waals surface area contributed by atoms with Crippen molar-refractivity contribution in [1.29, 1.82) is 0 Å². The van der Waals surface area contributed by atoms with Crippen LogP contribution in [0.15, 0.2) is 24.8 Å². The standard InChI is InChI=1S/C9H10Br6O2Si/c1-4-8(10,18(13,14)15)5-9(11,12)17-7(16)6(2)3/h4H,1-2,5H2,3H3. The number of allylic oxidation sites excluding steroid dienone is 1. The highest BCUT2D eigenvalue weighted by Crippen LogP contribution is 2.52. The van der Waals surface area contributed by atoms with Crippen LogP contribution in [0.1, 0.15) is 13.3 Å². The molecule has 0 aromatic rings. The summed E-state index contributed by atoms with van der Waals surface area (Å²) < 4.78 is 1.62. The minimum absolute atomic E-state index is 0.331. The van der Waals surface area contributed by atoms with Gasteiger partial charge in [-0.2, -0.15) is 0 Å². The molecular formula is C9H10Br6O2Si. The maximum atomic E-state index is 11.5. The van der Waals surface area contributed by atoms with Crippen molar-refractivity contribution in [3.8, 4) is 0 Å². The van der Waals surface area contributed by atoms with Crippen LogP contribution in [0.4, 0.5) is 0 Å². The molecule has 1 unspecified atom stereocenters. The fourth-order valence-electron chi connectivity index (χ4n) is 0.846. The van der Waals surface area contributed by atoms with Crippen molar-refractivity contribution in [2.45, 2.75) is 20.7 Å². The lowest BCUT2D eigenvalue weighted by atomic mass is 10.3. The first-order chi connectivity index (χ1) is 7.84. The number of hydrogen-bond acceptors (Lipinski definition) is 2. The van der Waals surface area contributed by atoms with Gasteiger partial charge in [-0.3, -0.25) is 0 Å². The van der Waals surface area contributed by atoms with Crippen molar-refractivity contribution < 1.29 is 9.53 Å². The van der Waals surface area contributed by atoms with Crippen molar-refractivity contribution in [3.05, 3.63) is 24.8 Å². The van der Waals surface area contributed by atoms with Gasteiger partial charge in [0.2, 0.25) is 3.42 Å². The zero-order chi connectivity index (χ0) is 14.8. The smallest absolute Gasteiger partial charge is 0.335 e. The minimum atomic E-state index is -2.14. The molecule has 0 aliphatic heterocycles. The summed E-state index contributed by atoms with van der Waals surface area (Å²) in [6, 6.07) is 0. The molecule has 104 valence electrons. The van der Waals surface area contributed by atoms with Crippen LogP contribution in [-0.2, 0) is 9.53 Å². The van der Waals surface area contributed by atoms with Gasteiger partial charge in [0.1, 0.15) is 0 Å². The van der Waals surface area contributed by atoms with Gasteiger partial charge in [-0.15, -0.1) is 6.58 Å². The third-order valence-corrected chi connectivity index (χ3v) is 17.6. The predicted molar refractivity (Wildman–Crippen MR) is 100 cm³/mol. The first kappa shape index (κ1) is 20.0. The van der Waals surface area contributed by atoms with Crippen LogP contribution in [-0.4, -0.2) is 17.3 Å². The number of rotatable bonds is 6. The van der Waals surface area contributed by atoms with E-state index in [-0.39, 0.29) is 0 Å². The van der Waals surface area contributed by atoms with Crippen molar-refractivity contribution in [2.75, 3.05) is 0 Å². The summed E-state index contributed by atoms with van der Waals surface area (Å²) in [6.07, 6.45) is 2.14. The second-order valence-corrected chi connectivity index (χ2v) is 31.5. The van der Waals surface area contributed by atoms with E-state index in [2.05, 4.69) is 107 Å². The number of carbonyl (C=O) groups excluding carboxylic acids is 1. The van der Waals surface area contributed by atoms with Crippen LogP contribution < -0.4 is 0 Å². The molecule has 0 saturated carbocycles. The summed E-state index contributed by atoms with van der Waals surface area (Å²) in [5, 5.41) is 0. The molecule has 0 aliphatic rings. The molecule has 0 N–H and O–H groups in total. The van der Waals surface area contributed by atoms with Gasteiger partial charge in [0.15, 0.2) is 0 Å². The van der Waals surface area contributed by atoms with E-state index in [1.807, 2.05) is 0 Å². The molecule has 0 fully saturated rings. The van der Waals surface area contributed by atoms with Crippen molar-refractivity contribution in [2.24, 2.45) is 0 Å². The first-order valence-electron chi connectivity index (χ1n) is 4.50. The molecule has 2 nitrogen and oxygen atoms in total. The zero-order valence-electron chi connectivity index (χ0n) is 9.28. The fraction of sp³-hybridized carbons (Fsp3) is 0.444. The van der Waals surface area contributed by atoms with Crippen LogP contribution >= 0.6 is 93.7 Å². The number of ether oxygens (including phenoxy) is 1. The number of alkyl halides is 3. The minimum Gasteiger partial charge on any atom is -0.434 e. The maximum Gasteiger partial charge on any atom is 0.335 e. The van der Waals surface area contributed by atoms with E-state index in [0.717, 1.165) is 0 Å². The van der Waals surface area contributed by atoms with E-state index in [1.54, 1.807) is 13.0 Å². The summed E-state index contributed by atoms with van der Waals surface area (Å²) in [7, 11) is 0. The van der Waals surface area contributed by atoms with E-state index in [1.165, 1.54) is 0 Å². The molecule has 0 radical (unpaired) electrons. The summed E-state index contributed by atoms with van der Waals surface area (Å²) in [4.78, 5) is 11.5. The second kappa shape index (κ2) is 7.35. The topological polar surface area (TPSA) is 26.3 Å². The SMILES string of the molecule is C=CC(Br)(CC(Br)(Br)OC(=O)C(=C)C)[Si](Br)(Br)Br. The second-order valence-electron chi connectivity index (χ2n) is 3.55. The number of hydrogen-bond donors (Lipinski definition) is 0. The van der Waals surface area contributed by atoms with Crippen LogP contribution in [0.25, 0.3) is 0 Å². The predicted octanol–water partition coefficient (Wildman–Crippen LogP) is 5.92. The Kier molecular flexibility index (Phi) is 8.19. The fourth-order valence-corrected chi connectivity index (χ4v) is 7.09. The molecular weight excluding hydrogens is 648 g/mol. The third-order valence-electron chi connectivity index (χ3n) is 1.85. The highest BCUT2D eigenvalue weighted by molar-refractivity contribution is 9.72. The maximum absolute atomic E-state index is 11.5. The normalized spacial score (nSPS) is 15.7. The Bertz CT molecular complexity index is 365. The van der Waals surface area contributed by atoms with E-state index in [0.29, 0.717) is 12.0 Å². The van der Waals surface area contributed by atoms with Gasteiger partial charge in [0, 0.05) is 12.0 Å². The molecule has 0 heterocycles. The lowest BCUT2D eigenvalue weighted by Gasteiger charge is -2.35. The average Bonchev–Trinajstić information content (AvgIpc) is 2.13. The molecule has 18 heavy (non-hydrogen) atoms. The Labute approximate surface area is 156 Å². The quantitative estimate of drug-likeness (QED) is 0.0886. The van der Waals surface area contributed by atoms with E-state index in [9.17, 15) is 4.79 Å². The highest BCUT2D eigenvalue weighted by Gasteiger charge is 2.50. The summed E-state index contributed by atoms with van der Waals surface area (Å²) in [5.41, 5.74) is 0.331. The summed E-state index contributed by atoms with van der Waals surface area (Å²) >= 11 is 21.0. The average molecular weight is 658 g/mol. The molecule has 0 spiro atoms. The molecule has 0 saturated heterocycles. The largest absolute Gasteiger partial charge is 0.434 e. The monoisotopic (exact) mass is 652 g/mol. The van der Waals surface area contributed by atoms with E-state index >= 15 is 0 Å². The van der Waals surface area contributed by atoms with E-state index < -0.39 is 17.3 Å². The molecule has 0 aromatic heterocycles. The van der Waals surface area contributed by atoms with Gasteiger partial charge >= 0.3 is 5.97 Å². The molecule has 9 heteroatoms. The number of halogens is 6. The number of carbonyl (C=O) groups is 1. The highest BCUT2D eigenvalue weighted by atomic mass is 80.0. The molecule has 0 aliphatic carbocycles. The van der Waals surface area contributed by atoms with Crippen molar-refractivity contribution >= 4 is 104 Å².